The van der Waals surface area contributed by atoms with Gasteiger partial charge in [0.15, 0.2) is 0 Å². The van der Waals surface area contributed by atoms with Gasteiger partial charge in [-0.25, -0.2) is 13.2 Å². The number of ether oxygens (including phenoxy) is 1. The van der Waals surface area contributed by atoms with Gasteiger partial charge in [0.2, 0.25) is 5.91 Å². The SMILES string of the molecule is CCOC(=O)c1ccc(NC(=O)CN(c2ccccc2)S(=O)(=O)c2ccc(C)cc2)cc1Cl. The summed E-state index contributed by atoms with van der Waals surface area (Å²) in [6, 6.07) is 19.1. The summed E-state index contributed by atoms with van der Waals surface area (Å²) >= 11 is 6.15. The molecule has 0 saturated heterocycles. The molecule has 1 amide bonds. The molecule has 0 saturated carbocycles. The molecule has 0 aliphatic rings. The minimum absolute atomic E-state index is 0.0755. The Hall–Kier alpha value is -3.36. The van der Waals surface area contributed by atoms with Gasteiger partial charge < -0.3 is 10.1 Å². The number of hydrogen-bond acceptors (Lipinski definition) is 5. The summed E-state index contributed by atoms with van der Waals surface area (Å²) in [4.78, 5) is 24.8. The number of amides is 1. The quantitative estimate of drug-likeness (QED) is 0.467. The van der Waals surface area contributed by atoms with Crippen molar-refractivity contribution in [3.63, 3.8) is 0 Å². The van der Waals surface area contributed by atoms with E-state index in [2.05, 4.69) is 5.32 Å². The molecule has 0 heterocycles. The van der Waals surface area contributed by atoms with E-state index in [1.54, 1.807) is 49.4 Å². The highest BCUT2D eigenvalue weighted by molar-refractivity contribution is 7.92. The van der Waals surface area contributed by atoms with E-state index in [1.165, 1.54) is 30.3 Å². The minimum Gasteiger partial charge on any atom is -0.462 e. The molecule has 0 spiro atoms. The number of sulfonamides is 1. The fourth-order valence-electron chi connectivity index (χ4n) is 3.04. The number of hydrogen-bond donors (Lipinski definition) is 1. The molecule has 172 valence electrons. The monoisotopic (exact) mass is 486 g/mol. The van der Waals surface area contributed by atoms with Crippen molar-refractivity contribution in [2.45, 2.75) is 18.7 Å². The number of rotatable bonds is 8. The number of carbonyl (C=O) groups is 2. The van der Waals surface area contributed by atoms with Crippen molar-refractivity contribution in [1.82, 2.24) is 0 Å². The lowest BCUT2D eigenvalue weighted by molar-refractivity contribution is -0.114. The summed E-state index contributed by atoms with van der Waals surface area (Å²) in [6.07, 6.45) is 0. The van der Waals surface area contributed by atoms with E-state index in [1.807, 2.05) is 6.92 Å². The predicted molar refractivity (Wildman–Crippen MR) is 128 cm³/mol. The van der Waals surface area contributed by atoms with Crippen LogP contribution < -0.4 is 9.62 Å². The number of nitrogens with one attached hydrogen (secondary N) is 1. The zero-order valence-corrected chi connectivity index (χ0v) is 19.7. The highest BCUT2D eigenvalue weighted by Crippen LogP contribution is 2.25. The molecule has 0 radical (unpaired) electrons. The summed E-state index contributed by atoms with van der Waals surface area (Å²) in [7, 11) is -4.01. The van der Waals surface area contributed by atoms with Gasteiger partial charge in [-0.3, -0.25) is 9.10 Å². The van der Waals surface area contributed by atoms with Crippen LogP contribution in [0.3, 0.4) is 0 Å². The lowest BCUT2D eigenvalue weighted by atomic mass is 10.2. The Morgan fingerprint density at radius 3 is 2.27 bits per heavy atom. The van der Waals surface area contributed by atoms with Crippen molar-refractivity contribution in [1.29, 1.82) is 0 Å². The smallest absolute Gasteiger partial charge is 0.339 e. The van der Waals surface area contributed by atoms with Crippen LogP contribution in [0.4, 0.5) is 11.4 Å². The van der Waals surface area contributed by atoms with Gasteiger partial charge in [0.25, 0.3) is 10.0 Å². The molecule has 0 aliphatic heterocycles. The van der Waals surface area contributed by atoms with Crippen molar-refractivity contribution in [3.05, 3.63) is 88.9 Å². The van der Waals surface area contributed by atoms with Crippen molar-refractivity contribution in [3.8, 4) is 0 Å². The molecule has 0 fully saturated rings. The Balaban J connectivity index is 1.85. The first-order valence-electron chi connectivity index (χ1n) is 10.1. The number of carbonyl (C=O) groups excluding carboxylic acids is 2. The molecule has 3 aromatic rings. The normalized spacial score (nSPS) is 11.0. The van der Waals surface area contributed by atoms with E-state index in [0.717, 1.165) is 9.87 Å². The fourth-order valence-corrected chi connectivity index (χ4v) is 4.72. The van der Waals surface area contributed by atoms with Gasteiger partial charge in [-0.1, -0.05) is 47.5 Å². The average Bonchev–Trinajstić information content (AvgIpc) is 2.78. The highest BCUT2D eigenvalue weighted by Gasteiger charge is 2.27. The number of halogens is 1. The first-order chi connectivity index (χ1) is 15.7. The van der Waals surface area contributed by atoms with Crippen LogP contribution in [0.5, 0.6) is 0 Å². The number of esters is 1. The van der Waals surface area contributed by atoms with Crippen molar-refractivity contribution in [2.24, 2.45) is 0 Å². The van der Waals surface area contributed by atoms with Gasteiger partial charge in [-0.2, -0.15) is 0 Å². The molecule has 0 atom stereocenters. The van der Waals surface area contributed by atoms with Crippen LogP contribution in [0.2, 0.25) is 5.02 Å². The van der Waals surface area contributed by atoms with E-state index < -0.39 is 28.4 Å². The largest absolute Gasteiger partial charge is 0.462 e. The molecule has 7 nitrogen and oxygen atoms in total. The lowest BCUT2D eigenvalue weighted by Gasteiger charge is -2.24. The van der Waals surface area contributed by atoms with Gasteiger partial charge in [-0.15, -0.1) is 0 Å². The molecule has 3 rings (SSSR count). The van der Waals surface area contributed by atoms with Crippen LogP contribution in [-0.2, 0) is 19.6 Å². The standard InChI is InChI=1S/C24H23ClN2O5S/c1-3-32-24(29)21-14-11-18(15-22(21)25)26-23(28)16-27(19-7-5-4-6-8-19)33(30,31)20-12-9-17(2)10-13-20/h4-15H,3,16H2,1-2H3,(H,26,28). The second kappa shape index (κ2) is 10.5. The molecule has 0 bridgehead atoms. The molecule has 0 aliphatic carbocycles. The lowest BCUT2D eigenvalue weighted by Crippen LogP contribution is -2.38. The fraction of sp³-hybridized carbons (Fsp3) is 0.167. The number of aryl methyl sites for hydroxylation is 1. The molecule has 1 N–H and O–H groups in total. The zero-order valence-electron chi connectivity index (χ0n) is 18.1. The Morgan fingerprint density at radius 1 is 1.00 bits per heavy atom. The third-order valence-electron chi connectivity index (χ3n) is 4.69. The summed E-state index contributed by atoms with van der Waals surface area (Å²) in [6.45, 7) is 3.29. The molecule has 0 unspecified atom stereocenters. The van der Waals surface area contributed by atoms with E-state index in [-0.39, 0.29) is 22.1 Å². The Morgan fingerprint density at radius 2 is 1.67 bits per heavy atom. The van der Waals surface area contributed by atoms with Gasteiger partial charge in [0.1, 0.15) is 6.54 Å². The van der Waals surface area contributed by atoms with E-state index in [4.69, 9.17) is 16.3 Å². The Labute approximate surface area is 198 Å². The van der Waals surface area contributed by atoms with Crippen LogP contribution >= 0.6 is 11.6 Å². The third kappa shape index (κ3) is 5.91. The molecular weight excluding hydrogens is 464 g/mol. The topological polar surface area (TPSA) is 92.8 Å². The zero-order chi connectivity index (χ0) is 24.0. The second-order valence-electron chi connectivity index (χ2n) is 7.12. The van der Waals surface area contributed by atoms with Crippen molar-refractivity contribution >= 4 is 44.9 Å². The molecule has 3 aromatic carbocycles. The predicted octanol–water partition coefficient (Wildman–Crippen LogP) is 4.66. The van der Waals surface area contributed by atoms with Crippen molar-refractivity contribution in [2.75, 3.05) is 22.8 Å². The highest BCUT2D eigenvalue weighted by atomic mass is 35.5. The van der Waals surface area contributed by atoms with Crippen LogP contribution in [0.25, 0.3) is 0 Å². The maximum Gasteiger partial charge on any atom is 0.339 e. The minimum atomic E-state index is -4.01. The van der Waals surface area contributed by atoms with E-state index in [0.29, 0.717) is 11.4 Å². The number of nitrogens with zero attached hydrogens (tertiary/aromatic N) is 1. The number of para-hydroxylation sites is 1. The first kappa shape index (κ1) is 24.3. The summed E-state index contributed by atoms with van der Waals surface area (Å²) < 4.78 is 32.7. The maximum atomic E-state index is 13.3. The molecule has 0 aromatic heterocycles. The molecular formula is C24H23ClN2O5S. The van der Waals surface area contributed by atoms with E-state index >= 15 is 0 Å². The van der Waals surface area contributed by atoms with Gasteiger partial charge in [0, 0.05) is 5.69 Å². The Kier molecular flexibility index (Phi) is 7.73. The molecule has 33 heavy (non-hydrogen) atoms. The van der Waals surface area contributed by atoms with E-state index in [9.17, 15) is 18.0 Å². The van der Waals surface area contributed by atoms with Gasteiger partial charge in [0.05, 0.1) is 27.8 Å². The van der Waals surface area contributed by atoms with Crippen LogP contribution in [0.1, 0.15) is 22.8 Å². The van der Waals surface area contributed by atoms with Gasteiger partial charge >= 0.3 is 5.97 Å². The van der Waals surface area contributed by atoms with Crippen LogP contribution in [-0.4, -0.2) is 33.4 Å². The summed E-state index contributed by atoms with van der Waals surface area (Å²) in [5.41, 5.74) is 1.76. The van der Waals surface area contributed by atoms with Crippen molar-refractivity contribution < 1.29 is 22.7 Å². The first-order valence-corrected chi connectivity index (χ1v) is 11.9. The number of benzene rings is 3. The summed E-state index contributed by atoms with van der Waals surface area (Å²) in [5.74, 6) is -1.14. The maximum absolute atomic E-state index is 13.3. The molecule has 9 heteroatoms. The number of anilines is 2. The average molecular weight is 487 g/mol. The third-order valence-corrected chi connectivity index (χ3v) is 6.79. The van der Waals surface area contributed by atoms with Crippen LogP contribution in [0, 0.1) is 6.92 Å². The van der Waals surface area contributed by atoms with Gasteiger partial charge in [-0.05, 0) is 56.3 Å². The Bertz CT molecular complexity index is 1250. The second-order valence-corrected chi connectivity index (χ2v) is 9.39. The van der Waals surface area contributed by atoms with Crippen LogP contribution in [0.15, 0.2) is 77.7 Å². The summed E-state index contributed by atoms with van der Waals surface area (Å²) in [5, 5.41) is 2.74.